The minimum atomic E-state index is -0.592. The van der Waals surface area contributed by atoms with E-state index in [0.29, 0.717) is 18.0 Å². The Hall–Kier alpha value is -3.36. The van der Waals surface area contributed by atoms with Gasteiger partial charge in [0.1, 0.15) is 0 Å². The summed E-state index contributed by atoms with van der Waals surface area (Å²) in [5.41, 5.74) is 9.55. The minimum Gasteiger partial charge on any atom is -0.408 e. The molecule has 0 aliphatic carbocycles. The van der Waals surface area contributed by atoms with Crippen molar-refractivity contribution in [3.05, 3.63) is 66.5 Å². The standard InChI is InChI=1S/C21H25N5O3/c1-26(9-10-27)19-11-16(17-12-24-25-13-17)7-8-20(19)29-21(28)23-14-18(22)15-5-3-2-4-6-15/h2-8,11-13,18,27H,9-10,14,22H2,1H3,(H,23,28)(H,24,25). The van der Waals surface area contributed by atoms with Gasteiger partial charge >= 0.3 is 6.09 Å². The Morgan fingerprint density at radius 3 is 2.76 bits per heavy atom. The minimum absolute atomic E-state index is 0.0238. The largest absolute Gasteiger partial charge is 0.412 e. The first kappa shape index (κ1) is 20.4. The number of aromatic nitrogens is 2. The van der Waals surface area contributed by atoms with E-state index in [1.54, 1.807) is 18.5 Å². The number of carbonyl (C=O) groups excluding carboxylic acids is 1. The molecule has 8 heteroatoms. The van der Waals surface area contributed by atoms with Crippen LogP contribution < -0.4 is 20.7 Å². The normalized spacial score (nSPS) is 11.7. The van der Waals surface area contributed by atoms with Crippen molar-refractivity contribution in [2.75, 3.05) is 31.6 Å². The number of aliphatic hydroxyl groups is 1. The van der Waals surface area contributed by atoms with Gasteiger partial charge in [-0.05, 0) is 23.3 Å². The lowest BCUT2D eigenvalue weighted by molar-refractivity contribution is 0.200. The van der Waals surface area contributed by atoms with E-state index in [2.05, 4.69) is 15.5 Å². The number of aliphatic hydroxyl groups excluding tert-OH is 1. The van der Waals surface area contributed by atoms with Crippen LogP contribution in [0.2, 0.25) is 0 Å². The Labute approximate surface area is 169 Å². The first-order valence-corrected chi connectivity index (χ1v) is 9.30. The van der Waals surface area contributed by atoms with Gasteiger partial charge in [-0.1, -0.05) is 36.4 Å². The number of nitrogens with one attached hydrogen (secondary N) is 2. The van der Waals surface area contributed by atoms with Gasteiger partial charge in [-0.2, -0.15) is 5.10 Å². The zero-order valence-corrected chi connectivity index (χ0v) is 16.2. The molecule has 2 aromatic carbocycles. The van der Waals surface area contributed by atoms with E-state index >= 15 is 0 Å². The third-order valence-corrected chi connectivity index (χ3v) is 4.53. The van der Waals surface area contributed by atoms with Crippen molar-refractivity contribution in [1.29, 1.82) is 0 Å². The molecule has 0 spiro atoms. The molecule has 0 saturated carbocycles. The van der Waals surface area contributed by atoms with Crippen LogP contribution in [0.25, 0.3) is 11.1 Å². The number of hydrogen-bond acceptors (Lipinski definition) is 6. The van der Waals surface area contributed by atoms with Crippen molar-refractivity contribution >= 4 is 11.8 Å². The number of likely N-dealkylation sites (N-methyl/N-ethyl adjacent to an activating group) is 1. The summed E-state index contributed by atoms with van der Waals surface area (Å²) < 4.78 is 5.52. The van der Waals surface area contributed by atoms with E-state index in [0.717, 1.165) is 16.7 Å². The Morgan fingerprint density at radius 1 is 1.28 bits per heavy atom. The van der Waals surface area contributed by atoms with Crippen molar-refractivity contribution in [3.63, 3.8) is 0 Å². The zero-order chi connectivity index (χ0) is 20.6. The lowest BCUT2D eigenvalue weighted by Crippen LogP contribution is -2.34. The number of carbonyl (C=O) groups is 1. The molecule has 3 rings (SSSR count). The van der Waals surface area contributed by atoms with Gasteiger partial charge < -0.3 is 25.8 Å². The second-order valence-electron chi connectivity index (χ2n) is 6.60. The molecule has 8 nitrogen and oxygen atoms in total. The summed E-state index contributed by atoms with van der Waals surface area (Å²) in [6.45, 7) is 0.619. The van der Waals surface area contributed by atoms with E-state index in [1.165, 1.54) is 0 Å². The number of anilines is 1. The van der Waals surface area contributed by atoms with Gasteiger partial charge in [0, 0.05) is 37.9 Å². The second-order valence-corrected chi connectivity index (χ2v) is 6.60. The molecule has 1 atom stereocenters. The van der Waals surface area contributed by atoms with Crippen molar-refractivity contribution in [1.82, 2.24) is 15.5 Å². The molecule has 0 radical (unpaired) electrons. The molecule has 152 valence electrons. The first-order chi connectivity index (χ1) is 14.1. The van der Waals surface area contributed by atoms with Gasteiger partial charge in [-0.3, -0.25) is 5.10 Å². The average Bonchev–Trinajstić information content (AvgIpc) is 3.28. The van der Waals surface area contributed by atoms with Crippen molar-refractivity contribution in [2.24, 2.45) is 5.73 Å². The maximum atomic E-state index is 12.3. The van der Waals surface area contributed by atoms with Gasteiger partial charge in [-0.15, -0.1) is 0 Å². The number of H-pyrrole nitrogens is 1. The van der Waals surface area contributed by atoms with Crippen molar-refractivity contribution in [3.8, 4) is 16.9 Å². The fourth-order valence-electron chi connectivity index (χ4n) is 2.91. The van der Waals surface area contributed by atoms with Crippen LogP contribution in [0, 0.1) is 0 Å². The number of ether oxygens (including phenoxy) is 1. The SMILES string of the molecule is CN(CCO)c1cc(-c2cn[nH]c2)ccc1OC(=O)NCC(N)c1ccccc1. The molecule has 1 amide bonds. The fourth-order valence-corrected chi connectivity index (χ4v) is 2.91. The van der Waals surface area contributed by atoms with Crippen LogP contribution in [-0.4, -0.2) is 48.1 Å². The lowest BCUT2D eigenvalue weighted by atomic mass is 10.1. The van der Waals surface area contributed by atoms with Crippen LogP contribution in [-0.2, 0) is 0 Å². The number of amides is 1. The van der Waals surface area contributed by atoms with Crippen LogP contribution in [0.5, 0.6) is 5.75 Å². The summed E-state index contributed by atoms with van der Waals surface area (Å²) in [5.74, 6) is 0.388. The maximum Gasteiger partial charge on any atom is 0.412 e. The summed E-state index contributed by atoms with van der Waals surface area (Å²) in [6.07, 6.45) is 2.90. The Bertz CT molecular complexity index is 915. The zero-order valence-electron chi connectivity index (χ0n) is 16.2. The van der Waals surface area contributed by atoms with Crippen LogP contribution in [0.3, 0.4) is 0 Å². The van der Waals surface area contributed by atoms with Gasteiger partial charge in [-0.25, -0.2) is 4.79 Å². The Kier molecular flexibility index (Phi) is 6.83. The van der Waals surface area contributed by atoms with Gasteiger partial charge in [0.15, 0.2) is 5.75 Å². The first-order valence-electron chi connectivity index (χ1n) is 9.30. The Balaban J connectivity index is 1.70. The van der Waals surface area contributed by atoms with Gasteiger partial charge in [0.25, 0.3) is 0 Å². The smallest absolute Gasteiger partial charge is 0.408 e. The summed E-state index contributed by atoms with van der Waals surface area (Å²) in [5, 5.41) is 18.7. The second kappa shape index (κ2) is 9.72. The highest BCUT2D eigenvalue weighted by molar-refractivity contribution is 5.77. The van der Waals surface area contributed by atoms with Crippen LogP contribution in [0.1, 0.15) is 11.6 Å². The van der Waals surface area contributed by atoms with E-state index < -0.39 is 6.09 Å². The van der Waals surface area contributed by atoms with Crippen LogP contribution in [0.4, 0.5) is 10.5 Å². The van der Waals surface area contributed by atoms with Crippen LogP contribution in [0.15, 0.2) is 60.9 Å². The molecule has 3 aromatic rings. The molecule has 1 aromatic heterocycles. The summed E-state index contributed by atoms with van der Waals surface area (Å²) >= 11 is 0. The quantitative estimate of drug-likeness (QED) is 0.465. The molecular weight excluding hydrogens is 370 g/mol. The van der Waals surface area contributed by atoms with Crippen LogP contribution >= 0.6 is 0 Å². The summed E-state index contributed by atoms with van der Waals surface area (Å²) in [7, 11) is 1.82. The van der Waals surface area contributed by atoms with E-state index in [9.17, 15) is 9.90 Å². The predicted molar refractivity (Wildman–Crippen MR) is 112 cm³/mol. The number of rotatable bonds is 8. The predicted octanol–water partition coefficient (Wildman–Crippen LogP) is 2.29. The molecule has 0 fully saturated rings. The molecule has 5 N–H and O–H groups in total. The van der Waals surface area contributed by atoms with Crippen molar-refractivity contribution < 1.29 is 14.6 Å². The summed E-state index contributed by atoms with van der Waals surface area (Å²) in [6, 6.07) is 14.7. The number of nitrogens with two attached hydrogens (primary N) is 1. The summed E-state index contributed by atoms with van der Waals surface area (Å²) in [4.78, 5) is 14.1. The molecule has 1 unspecified atom stereocenters. The number of hydrogen-bond donors (Lipinski definition) is 4. The lowest BCUT2D eigenvalue weighted by Gasteiger charge is -2.22. The maximum absolute atomic E-state index is 12.3. The molecule has 1 heterocycles. The molecule has 0 aliphatic rings. The monoisotopic (exact) mass is 395 g/mol. The van der Waals surface area contributed by atoms with Gasteiger partial charge in [0.05, 0.1) is 18.5 Å². The highest BCUT2D eigenvalue weighted by Crippen LogP contribution is 2.32. The molecule has 0 bridgehead atoms. The number of benzene rings is 2. The van der Waals surface area contributed by atoms with Gasteiger partial charge in [0.2, 0.25) is 0 Å². The highest BCUT2D eigenvalue weighted by Gasteiger charge is 2.15. The number of nitrogens with zero attached hydrogens (tertiary/aromatic N) is 2. The number of aromatic amines is 1. The molecule has 0 saturated heterocycles. The average molecular weight is 395 g/mol. The Morgan fingerprint density at radius 2 is 2.07 bits per heavy atom. The van der Waals surface area contributed by atoms with E-state index in [1.807, 2.05) is 54.4 Å². The van der Waals surface area contributed by atoms with Crippen molar-refractivity contribution in [2.45, 2.75) is 6.04 Å². The van der Waals surface area contributed by atoms with E-state index in [4.69, 9.17) is 10.5 Å². The molecule has 29 heavy (non-hydrogen) atoms. The topological polar surface area (TPSA) is 116 Å². The third kappa shape index (κ3) is 5.34. The molecule has 0 aliphatic heterocycles. The highest BCUT2D eigenvalue weighted by atomic mass is 16.6. The van der Waals surface area contributed by atoms with E-state index in [-0.39, 0.29) is 19.2 Å². The molecular formula is C21H25N5O3. The fraction of sp³-hybridized carbons (Fsp3) is 0.238. The third-order valence-electron chi connectivity index (χ3n) is 4.53.